The molecule has 1 nitrogen and oxygen atoms in total. The summed E-state index contributed by atoms with van der Waals surface area (Å²) in [7, 11) is 0. The number of hydrogen-bond acceptors (Lipinski definition) is 1. The van der Waals surface area contributed by atoms with Crippen molar-refractivity contribution < 1.29 is 17.9 Å². The Labute approximate surface area is 44.4 Å². The molecule has 0 aromatic heterocycles. The molecule has 0 aromatic carbocycles. The summed E-state index contributed by atoms with van der Waals surface area (Å²) in [6, 6.07) is 0. The van der Waals surface area contributed by atoms with E-state index in [0.717, 1.165) is 0 Å². The van der Waals surface area contributed by atoms with Crippen molar-refractivity contribution in [1.29, 1.82) is 0 Å². The molecule has 1 fully saturated rings. The molecule has 1 aliphatic rings. The monoisotopic (exact) mass is 126 g/mol. The Morgan fingerprint density at radius 1 is 1.25 bits per heavy atom. The van der Waals surface area contributed by atoms with E-state index >= 15 is 0 Å². The van der Waals surface area contributed by atoms with Gasteiger partial charge in [-0.2, -0.15) is 13.2 Å². The minimum Gasteiger partial charge on any atom is -0.380 e. The molecule has 1 heterocycles. The van der Waals surface area contributed by atoms with E-state index in [9.17, 15) is 13.2 Å². The van der Waals surface area contributed by atoms with E-state index in [1.807, 2.05) is 0 Å². The summed E-state index contributed by atoms with van der Waals surface area (Å²) in [4.78, 5) is 0. The molecule has 0 saturated carbocycles. The van der Waals surface area contributed by atoms with E-state index < -0.39 is 12.1 Å². The first-order valence-electron chi connectivity index (χ1n) is 2.25. The lowest BCUT2D eigenvalue weighted by Gasteiger charge is -2.27. The van der Waals surface area contributed by atoms with E-state index in [0.29, 0.717) is 0 Å². The molecule has 48 valence electrons. The van der Waals surface area contributed by atoms with E-state index in [1.165, 1.54) is 0 Å². The first-order chi connectivity index (χ1) is 3.61. The van der Waals surface area contributed by atoms with Crippen molar-refractivity contribution in [2.24, 2.45) is 5.92 Å². The van der Waals surface area contributed by atoms with Gasteiger partial charge >= 0.3 is 6.18 Å². The van der Waals surface area contributed by atoms with Crippen LogP contribution < -0.4 is 0 Å². The lowest BCUT2D eigenvalue weighted by molar-refractivity contribution is -0.240. The molecule has 4 heteroatoms. The average molecular weight is 126 g/mol. The van der Waals surface area contributed by atoms with Crippen molar-refractivity contribution in [3.63, 3.8) is 0 Å². The van der Waals surface area contributed by atoms with Crippen molar-refractivity contribution in [2.75, 3.05) is 13.2 Å². The second kappa shape index (κ2) is 1.62. The standard InChI is InChI=1S/C4H5F3O/c5-4(6,7)3-1-8-2-3/h3H,1-2H2. The maximum absolute atomic E-state index is 11.4. The Bertz CT molecular complexity index is 83.8. The minimum absolute atomic E-state index is 0.149. The molecule has 0 spiro atoms. The lowest BCUT2D eigenvalue weighted by atomic mass is 10.1. The predicted octanol–water partition coefficient (Wildman–Crippen LogP) is 1.20. The molecule has 0 unspecified atom stereocenters. The number of ether oxygens (including phenoxy) is 1. The Hall–Kier alpha value is -0.250. The first kappa shape index (κ1) is 5.88. The third kappa shape index (κ3) is 0.940. The molecule has 1 saturated heterocycles. The minimum atomic E-state index is -4.03. The smallest absolute Gasteiger partial charge is 0.380 e. The summed E-state index contributed by atoms with van der Waals surface area (Å²) in [5.74, 6) is -1.19. The predicted molar refractivity (Wildman–Crippen MR) is 20.4 cm³/mol. The van der Waals surface area contributed by atoms with E-state index in [1.54, 1.807) is 0 Å². The molecule has 0 radical (unpaired) electrons. The maximum atomic E-state index is 11.4. The van der Waals surface area contributed by atoms with Crippen LogP contribution in [0.3, 0.4) is 0 Å². The van der Waals surface area contributed by atoms with Gasteiger partial charge in [0.2, 0.25) is 0 Å². The molecular weight excluding hydrogens is 121 g/mol. The molecule has 1 rings (SSSR count). The molecule has 0 N–H and O–H groups in total. The fraction of sp³-hybridized carbons (Fsp3) is 1.00. The number of rotatable bonds is 0. The van der Waals surface area contributed by atoms with Crippen molar-refractivity contribution in [3.05, 3.63) is 0 Å². The average Bonchev–Trinajstić information content (AvgIpc) is 1.16. The van der Waals surface area contributed by atoms with Gasteiger partial charge in [0, 0.05) is 0 Å². The van der Waals surface area contributed by atoms with Gasteiger partial charge in [-0.25, -0.2) is 0 Å². The van der Waals surface area contributed by atoms with Gasteiger partial charge in [-0.1, -0.05) is 0 Å². The van der Waals surface area contributed by atoms with E-state index in [4.69, 9.17) is 0 Å². The molecule has 0 aliphatic carbocycles. The summed E-state index contributed by atoms with van der Waals surface area (Å²) in [6.45, 7) is -0.299. The number of hydrogen-bond donors (Lipinski definition) is 0. The third-order valence-corrected chi connectivity index (χ3v) is 1.10. The van der Waals surface area contributed by atoms with Crippen LogP contribution in [0.15, 0.2) is 0 Å². The molecule has 1 aliphatic heterocycles. The first-order valence-corrected chi connectivity index (χ1v) is 2.25. The van der Waals surface area contributed by atoms with Gasteiger partial charge in [-0.05, 0) is 0 Å². The van der Waals surface area contributed by atoms with Crippen LogP contribution in [0.4, 0.5) is 13.2 Å². The van der Waals surface area contributed by atoms with Crippen LogP contribution in [-0.2, 0) is 4.74 Å². The number of halogens is 3. The zero-order chi connectivity index (χ0) is 6.20. The van der Waals surface area contributed by atoms with Gasteiger partial charge in [0.05, 0.1) is 13.2 Å². The maximum Gasteiger partial charge on any atom is 0.396 e. The fourth-order valence-corrected chi connectivity index (χ4v) is 0.425. The molecule has 0 bridgehead atoms. The SMILES string of the molecule is FC(F)(F)C1COC1. The summed E-state index contributed by atoms with van der Waals surface area (Å²) in [5, 5.41) is 0. The Kier molecular flexibility index (Phi) is 1.19. The zero-order valence-corrected chi connectivity index (χ0v) is 4.03. The summed E-state index contributed by atoms with van der Waals surface area (Å²) < 4.78 is 38.6. The summed E-state index contributed by atoms with van der Waals surface area (Å²) >= 11 is 0. The van der Waals surface area contributed by atoms with Crippen LogP contribution in [0.1, 0.15) is 0 Å². The van der Waals surface area contributed by atoms with Gasteiger partial charge in [-0.3, -0.25) is 0 Å². The fourth-order valence-electron chi connectivity index (χ4n) is 0.425. The lowest BCUT2D eigenvalue weighted by Crippen LogP contribution is -2.39. The summed E-state index contributed by atoms with van der Waals surface area (Å²) in [5.41, 5.74) is 0. The highest BCUT2D eigenvalue weighted by Crippen LogP contribution is 2.31. The van der Waals surface area contributed by atoms with E-state index in [2.05, 4.69) is 4.74 Å². The van der Waals surface area contributed by atoms with Gasteiger partial charge in [0.1, 0.15) is 5.92 Å². The van der Waals surface area contributed by atoms with Crippen LogP contribution >= 0.6 is 0 Å². The van der Waals surface area contributed by atoms with Crippen LogP contribution in [-0.4, -0.2) is 19.4 Å². The highest BCUT2D eigenvalue weighted by molar-refractivity contribution is 4.72. The summed E-state index contributed by atoms with van der Waals surface area (Å²) in [6.07, 6.45) is -4.03. The van der Waals surface area contributed by atoms with E-state index in [-0.39, 0.29) is 13.2 Å². The molecule has 0 amide bonds. The van der Waals surface area contributed by atoms with Crippen molar-refractivity contribution in [1.82, 2.24) is 0 Å². The molecular formula is C4H5F3O. The Morgan fingerprint density at radius 3 is 1.75 bits per heavy atom. The van der Waals surface area contributed by atoms with Gasteiger partial charge in [0.25, 0.3) is 0 Å². The van der Waals surface area contributed by atoms with Gasteiger partial charge in [0.15, 0.2) is 0 Å². The topological polar surface area (TPSA) is 9.23 Å². The second-order valence-corrected chi connectivity index (χ2v) is 1.78. The van der Waals surface area contributed by atoms with Crippen molar-refractivity contribution in [2.45, 2.75) is 6.18 Å². The quantitative estimate of drug-likeness (QED) is 0.473. The van der Waals surface area contributed by atoms with Gasteiger partial charge < -0.3 is 4.74 Å². The number of alkyl halides is 3. The van der Waals surface area contributed by atoms with Crippen molar-refractivity contribution in [3.8, 4) is 0 Å². The zero-order valence-electron chi connectivity index (χ0n) is 4.03. The second-order valence-electron chi connectivity index (χ2n) is 1.78. The normalized spacial score (nSPS) is 22.9. The molecule has 0 aromatic rings. The van der Waals surface area contributed by atoms with Gasteiger partial charge in [-0.15, -0.1) is 0 Å². The van der Waals surface area contributed by atoms with Crippen LogP contribution in [0.5, 0.6) is 0 Å². The Balaban J connectivity index is 2.34. The largest absolute Gasteiger partial charge is 0.396 e. The third-order valence-electron chi connectivity index (χ3n) is 1.10. The van der Waals surface area contributed by atoms with Crippen LogP contribution in [0.25, 0.3) is 0 Å². The molecule has 8 heavy (non-hydrogen) atoms. The van der Waals surface area contributed by atoms with Crippen LogP contribution in [0, 0.1) is 5.92 Å². The van der Waals surface area contributed by atoms with Crippen molar-refractivity contribution >= 4 is 0 Å². The van der Waals surface area contributed by atoms with Crippen LogP contribution in [0.2, 0.25) is 0 Å². The Morgan fingerprint density at radius 2 is 1.75 bits per heavy atom. The molecule has 0 atom stereocenters. The highest BCUT2D eigenvalue weighted by Gasteiger charge is 2.44. The highest BCUT2D eigenvalue weighted by atomic mass is 19.4.